The Hall–Kier alpha value is -3.99. The number of amides is 6. The van der Waals surface area contributed by atoms with Crippen molar-refractivity contribution < 1.29 is 19.1 Å². The summed E-state index contributed by atoms with van der Waals surface area (Å²) in [6.45, 7) is 8.38. The number of nitrogens with one attached hydrogen (secondary N) is 4. The van der Waals surface area contributed by atoms with Crippen molar-refractivity contribution in [3.8, 4) is 5.75 Å². The minimum absolute atomic E-state index is 0.193. The first-order valence-electron chi connectivity index (χ1n) is 14.1. The molecule has 11 heteroatoms. The van der Waals surface area contributed by atoms with Crippen LogP contribution in [0.2, 0.25) is 0 Å². The first-order valence-corrected chi connectivity index (χ1v) is 14.1. The lowest BCUT2D eigenvalue weighted by atomic mass is 10.2. The molecule has 0 aromatic heterocycles. The SMILES string of the molecule is COc1ccc(CN(C)C(=O)NCCN(CC(C)C)C(=O)NCCN(C)C(=O)NCCNCc2ccccc2)cc1. The van der Waals surface area contributed by atoms with Gasteiger partial charge in [0.05, 0.1) is 7.11 Å². The van der Waals surface area contributed by atoms with E-state index in [9.17, 15) is 14.4 Å². The zero-order valence-electron chi connectivity index (χ0n) is 25.1. The number of carbonyl (C=O) groups is 3. The average Bonchev–Trinajstić information content (AvgIpc) is 2.96. The average molecular weight is 570 g/mol. The molecule has 0 unspecified atom stereocenters. The molecule has 0 saturated heterocycles. The molecule has 0 radical (unpaired) electrons. The molecule has 6 amide bonds. The minimum Gasteiger partial charge on any atom is -0.497 e. The summed E-state index contributed by atoms with van der Waals surface area (Å²) in [5.41, 5.74) is 2.18. The van der Waals surface area contributed by atoms with Gasteiger partial charge < -0.3 is 40.7 Å². The highest BCUT2D eigenvalue weighted by Crippen LogP contribution is 2.12. The van der Waals surface area contributed by atoms with Crippen LogP contribution in [0.3, 0.4) is 0 Å². The second-order valence-electron chi connectivity index (χ2n) is 10.3. The zero-order valence-corrected chi connectivity index (χ0v) is 25.1. The zero-order chi connectivity index (χ0) is 30.0. The Labute approximate surface area is 244 Å². The van der Waals surface area contributed by atoms with Crippen LogP contribution in [-0.4, -0.2) is 99.8 Å². The normalized spacial score (nSPS) is 10.6. The fourth-order valence-corrected chi connectivity index (χ4v) is 3.99. The molecule has 0 bridgehead atoms. The molecule has 2 aromatic rings. The number of benzene rings is 2. The molecule has 0 atom stereocenters. The number of nitrogens with zero attached hydrogens (tertiary/aromatic N) is 3. The third kappa shape index (κ3) is 13.3. The van der Waals surface area contributed by atoms with Crippen molar-refractivity contribution >= 4 is 18.1 Å². The van der Waals surface area contributed by atoms with Crippen LogP contribution in [0.15, 0.2) is 54.6 Å². The summed E-state index contributed by atoms with van der Waals surface area (Å²) in [5.74, 6) is 1.03. The lowest BCUT2D eigenvalue weighted by Gasteiger charge is -2.26. The van der Waals surface area contributed by atoms with Crippen molar-refractivity contribution in [2.45, 2.75) is 26.9 Å². The second-order valence-corrected chi connectivity index (χ2v) is 10.3. The predicted octanol–water partition coefficient (Wildman–Crippen LogP) is 2.94. The molecule has 2 aromatic carbocycles. The van der Waals surface area contributed by atoms with Crippen LogP contribution >= 0.6 is 0 Å². The summed E-state index contributed by atoms with van der Waals surface area (Å²) in [5, 5.41) is 11.9. The fraction of sp³-hybridized carbons (Fsp3) is 0.500. The number of ether oxygens (including phenoxy) is 1. The van der Waals surface area contributed by atoms with Crippen molar-refractivity contribution in [2.75, 3.05) is 67.0 Å². The van der Waals surface area contributed by atoms with Crippen molar-refractivity contribution in [3.63, 3.8) is 0 Å². The van der Waals surface area contributed by atoms with Crippen molar-refractivity contribution in [1.29, 1.82) is 0 Å². The maximum atomic E-state index is 12.8. The van der Waals surface area contributed by atoms with Crippen molar-refractivity contribution in [3.05, 3.63) is 65.7 Å². The monoisotopic (exact) mass is 569 g/mol. The Balaban J connectivity index is 1.66. The fourth-order valence-electron chi connectivity index (χ4n) is 3.99. The van der Waals surface area contributed by atoms with Gasteiger partial charge in [-0.25, -0.2) is 14.4 Å². The first kappa shape index (κ1) is 33.2. The Bertz CT molecular complexity index is 1050. The van der Waals surface area contributed by atoms with Crippen molar-refractivity contribution in [2.24, 2.45) is 5.92 Å². The minimum atomic E-state index is -0.224. The van der Waals surface area contributed by atoms with Crippen LogP contribution in [0.4, 0.5) is 14.4 Å². The van der Waals surface area contributed by atoms with Crippen LogP contribution in [-0.2, 0) is 13.1 Å². The van der Waals surface area contributed by atoms with E-state index < -0.39 is 0 Å². The molecule has 11 nitrogen and oxygen atoms in total. The molecular weight excluding hydrogens is 522 g/mol. The molecular formula is C30H47N7O4. The molecule has 0 saturated carbocycles. The van der Waals surface area contributed by atoms with Crippen molar-refractivity contribution in [1.82, 2.24) is 36.0 Å². The van der Waals surface area contributed by atoms with Crippen LogP contribution < -0.4 is 26.0 Å². The standard InChI is InChI=1S/C30H47N7O4/c1-24(2)22-37(20-18-33-29(39)36(4)23-26-11-13-27(41-5)14-12-26)30(40)34-17-19-35(3)28(38)32-16-15-31-21-25-9-7-6-8-10-25/h6-14,24,31H,15-23H2,1-5H3,(H,32,38)(H,33,39)(H,34,40). The van der Waals surface area contributed by atoms with Gasteiger partial charge in [-0.15, -0.1) is 0 Å². The highest BCUT2D eigenvalue weighted by atomic mass is 16.5. The quantitative estimate of drug-likeness (QED) is 0.232. The molecule has 0 aliphatic rings. The highest BCUT2D eigenvalue weighted by Gasteiger charge is 2.16. The van der Waals surface area contributed by atoms with E-state index in [0.29, 0.717) is 52.4 Å². The molecule has 0 fully saturated rings. The van der Waals surface area contributed by atoms with Crippen LogP contribution in [0.25, 0.3) is 0 Å². The van der Waals surface area contributed by atoms with E-state index in [-0.39, 0.29) is 24.0 Å². The van der Waals surface area contributed by atoms with E-state index in [1.807, 2.05) is 56.3 Å². The Morgan fingerprint density at radius 2 is 1.34 bits per heavy atom. The van der Waals surface area contributed by atoms with Gasteiger partial charge in [-0.3, -0.25) is 0 Å². The molecule has 41 heavy (non-hydrogen) atoms. The largest absolute Gasteiger partial charge is 0.497 e. The lowest BCUT2D eigenvalue weighted by molar-refractivity contribution is 0.184. The van der Waals surface area contributed by atoms with Gasteiger partial charge in [-0.05, 0) is 29.2 Å². The number of urea groups is 3. The molecule has 0 heterocycles. The summed E-state index contributed by atoms with van der Waals surface area (Å²) < 4.78 is 5.17. The molecule has 4 N–H and O–H groups in total. The van der Waals surface area contributed by atoms with Crippen LogP contribution in [0, 0.1) is 5.92 Å². The van der Waals surface area contributed by atoms with E-state index in [1.54, 1.807) is 35.9 Å². The summed E-state index contributed by atoms with van der Waals surface area (Å²) in [4.78, 5) is 42.6. The molecule has 2 rings (SSSR count). The number of carbonyl (C=O) groups excluding carboxylic acids is 3. The van der Waals surface area contributed by atoms with Gasteiger partial charge in [-0.2, -0.15) is 0 Å². The number of likely N-dealkylation sites (N-methyl/N-ethyl adjacent to an activating group) is 1. The van der Waals surface area contributed by atoms with Crippen LogP contribution in [0.5, 0.6) is 5.75 Å². The van der Waals surface area contributed by atoms with E-state index in [1.165, 1.54) is 5.56 Å². The van der Waals surface area contributed by atoms with Gasteiger partial charge in [0.1, 0.15) is 5.75 Å². The van der Waals surface area contributed by atoms with E-state index in [4.69, 9.17) is 4.74 Å². The molecule has 226 valence electrons. The smallest absolute Gasteiger partial charge is 0.317 e. The Morgan fingerprint density at radius 3 is 2.00 bits per heavy atom. The number of methoxy groups -OCH3 is 1. The van der Waals surface area contributed by atoms with E-state index >= 15 is 0 Å². The lowest BCUT2D eigenvalue weighted by Crippen LogP contribution is -2.49. The van der Waals surface area contributed by atoms with Gasteiger partial charge in [0.25, 0.3) is 0 Å². The number of rotatable bonds is 16. The first-order chi connectivity index (χ1) is 19.7. The van der Waals surface area contributed by atoms with E-state index in [2.05, 4.69) is 33.4 Å². The summed E-state index contributed by atoms with van der Waals surface area (Å²) in [7, 11) is 5.04. The molecule has 0 aliphatic carbocycles. The van der Waals surface area contributed by atoms with Gasteiger partial charge in [-0.1, -0.05) is 56.3 Å². The van der Waals surface area contributed by atoms with E-state index in [0.717, 1.165) is 17.9 Å². The third-order valence-electron chi connectivity index (χ3n) is 6.28. The maximum absolute atomic E-state index is 12.8. The van der Waals surface area contributed by atoms with Gasteiger partial charge in [0.15, 0.2) is 0 Å². The second kappa shape index (κ2) is 18.4. The molecule has 0 aliphatic heterocycles. The highest BCUT2D eigenvalue weighted by molar-refractivity contribution is 5.76. The number of hydrogen-bond donors (Lipinski definition) is 4. The Kier molecular flexibility index (Phi) is 14.9. The predicted molar refractivity (Wildman–Crippen MR) is 162 cm³/mol. The Morgan fingerprint density at radius 1 is 0.732 bits per heavy atom. The summed E-state index contributed by atoms with van der Waals surface area (Å²) in [6, 6.07) is 17.0. The maximum Gasteiger partial charge on any atom is 0.317 e. The van der Waals surface area contributed by atoms with Gasteiger partial charge >= 0.3 is 18.1 Å². The summed E-state index contributed by atoms with van der Waals surface area (Å²) >= 11 is 0. The third-order valence-corrected chi connectivity index (χ3v) is 6.28. The topological polar surface area (TPSA) is 118 Å². The number of hydrogen-bond acceptors (Lipinski definition) is 5. The molecule has 0 spiro atoms. The van der Waals surface area contributed by atoms with Crippen LogP contribution in [0.1, 0.15) is 25.0 Å². The van der Waals surface area contributed by atoms with Gasteiger partial charge in [0, 0.05) is 73.0 Å². The summed E-state index contributed by atoms with van der Waals surface area (Å²) in [6.07, 6.45) is 0. The van der Waals surface area contributed by atoms with Gasteiger partial charge in [0.2, 0.25) is 0 Å².